The molecule has 0 fully saturated rings. The first-order chi connectivity index (χ1) is 11.4. The van der Waals surface area contributed by atoms with Crippen LogP contribution in [-0.4, -0.2) is 25.1 Å². The lowest BCUT2D eigenvalue weighted by Gasteiger charge is -2.15. The van der Waals surface area contributed by atoms with E-state index in [0.717, 1.165) is 5.56 Å². The van der Waals surface area contributed by atoms with Gasteiger partial charge in [-0.05, 0) is 50.2 Å². The van der Waals surface area contributed by atoms with Crippen molar-refractivity contribution in [1.29, 1.82) is 0 Å². The van der Waals surface area contributed by atoms with E-state index in [0.29, 0.717) is 16.5 Å². The van der Waals surface area contributed by atoms with Crippen LogP contribution in [0.3, 0.4) is 0 Å². The van der Waals surface area contributed by atoms with E-state index in [-0.39, 0.29) is 5.56 Å². The molecule has 0 aromatic heterocycles. The molecular formula is C18H18ClNO4. The Morgan fingerprint density at radius 3 is 2.42 bits per heavy atom. The van der Waals surface area contributed by atoms with E-state index in [1.54, 1.807) is 36.4 Å². The van der Waals surface area contributed by atoms with E-state index in [9.17, 15) is 9.59 Å². The van der Waals surface area contributed by atoms with Crippen LogP contribution < -0.4 is 10.1 Å². The zero-order chi connectivity index (χ0) is 17.7. The fourth-order valence-electron chi connectivity index (χ4n) is 2.04. The Bertz CT molecular complexity index is 743. The van der Waals surface area contributed by atoms with Gasteiger partial charge in [0.05, 0.1) is 7.11 Å². The highest BCUT2D eigenvalue weighted by Gasteiger charge is 2.21. The largest absolute Gasteiger partial charge is 0.496 e. The lowest BCUT2D eigenvalue weighted by atomic mass is 10.1. The van der Waals surface area contributed by atoms with Crippen LogP contribution in [0.25, 0.3) is 0 Å². The fourth-order valence-corrected chi connectivity index (χ4v) is 2.16. The van der Waals surface area contributed by atoms with E-state index < -0.39 is 18.0 Å². The average molecular weight is 348 g/mol. The number of halogens is 1. The molecular weight excluding hydrogens is 330 g/mol. The third-order valence-electron chi connectivity index (χ3n) is 3.34. The summed E-state index contributed by atoms with van der Waals surface area (Å²) in [4.78, 5) is 24.4. The highest BCUT2D eigenvalue weighted by molar-refractivity contribution is 6.30. The number of amides is 1. The standard InChI is InChI=1S/C18H18ClNO4/c1-11-4-9-16(23-3)15(10-11)18(22)24-12(2)17(21)20-14-7-5-13(19)6-8-14/h4-10,12H,1-3H3,(H,20,21)/t12-/m0/s1. The van der Waals surface area contributed by atoms with Crippen molar-refractivity contribution in [2.75, 3.05) is 12.4 Å². The number of methoxy groups -OCH3 is 1. The highest BCUT2D eigenvalue weighted by atomic mass is 35.5. The molecule has 0 radical (unpaired) electrons. The predicted octanol–water partition coefficient (Wildman–Crippen LogP) is 3.84. The molecule has 126 valence electrons. The second kappa shape index (κ2) is 7.84. The van der Waals surface area contributed by atoms with Gasteiger partial charge in [-0.2, -0.15) is 0 Å². The van der Waals surface area contributed by atoms with Crippen molar-refractivity contribution in [1.82, 2.24) is 0 Å². The topological polar surface area (TPSA) is 64.6 Å². The van der Waals surface area contributed by atoms with Crippen molar-refractivity contribution in [3.63, 3.8) is 0 Å². The molecule has 1 amide bonds. The van der Waals surface area contributed by atoms with Crippen LogP contribution in [0.1, 0.15) is 22.8 Å². The van der Waals surface area contributed by atoms with Crippen LogP contribution in [0.5, 0.6) is 5.75 Å². The van der Waals surface area contributed by atoms with Crippen molar-refractivity contribution in [3.8, 4) is 5.75 Å². The van der Waals surface area contributed by atoms with E-state index in [1.165, 1.54) is 14.0 Å². The normalized spacial score (nSPS) is 11.5. The summed E-state index contributed by atoms with van der Waals surface area (Å²) < 4.78 is 10.4. The SMILES string of the molecule is COc1ccc(C)cc1C(=O)O[C@@H](C)C(=O)Nc1ccc(Cl)cc1. The Kier molecular flexibility index (Phi) is 5.82. The minimum absolute atomic E-state index is 0.281. The number of rotatable bonds is 5. The summed E-state index contributed by atoms with van der Waals surface area (Å²) in [6.45, 7) is 3.36. The quantitative estimate of drug-likeness (QED) is 0.834. The molecule has 0 heterocycles. The molecule has 5 nitrogen and oxygen atoms in total. The van der Waals surface area contributed by atoms with Gasteiger partial charge in [0.1, 0.15) is 11.3 Å². The third kappa shape index (κ3) is 4.49. The molecule has 2 aromatic carbocycles. The van der Waals surface area contributed by atoms with Crippen LogP contribution in [0.2, 0.25) is 5.02 Å². The third-order valence-corrected chi connectivity index (χ3v) is 3.59. The van der Waals surface area contributed by atoms with Gasteiger partial charge in [-0.3, -0.25) is 4.79 Å². The number of carbonyl (C=O) groups is 2. The van der Waals surface area contributed by atoms with Crippen molar-refractivity contribution in [2.24, 2.45) is 0 Å². The first-order valence-corrected chi connectivity index (χ1v) is 7.70. The van der Waals surface area contributed by atoms with Gasteiger partial charge in [0.15, 0.2) is 6.10 Å². The Morgan fingerprint density at radius 2 is 1.79 bits per heavy atom. The number of hydrogen-bond donors (Lipinski definition) is 1. The smallest absolute Gasteiger partial charge is 0.342 e. The van der Waals surface area contributed by atoms with E-state index in [2.05, 4.69) is 5.32 Å². The Morgan fingerprint density at radius 1 is 1.12 bits per heavy atom. The number of nitrogens with one attached hydrogen (secondary N) is 1. The number of carbonyl (C=O) groups excluding carboxylic acids is 2. The van der Waals surface area contributed by atoms with Crippen molar-refractivity contribution >= 4 is 29.2 Å². The summed E-state index contributed by atoms with van der Waals surface area (Å²) in [5.74, 6) is -0.650. The van der Waals surface area contributed by atoms with Crippen molar-refractivity contribution < 1.29 is 19.1 Å². The first kappa shape index (κ1) is 17.8. The minimum Gasteiger partial charge on any atom is -0.496 e. The average Bonchev–Trinajstić information content (AvgIpc) is 2.56. The van der Waals surface area contributed by atoms with Crippen LogP contribution in [0, 0.1) is 6.92 Å². The van der Waals surface area contributed by atoms with Crippen LogP contribution in [0.4, 0.5) is 5.69 Å². The van der Waals surface area contributed by atoms with Gasteiger partial charge in [0.25, 0.3) is 5.91 Å². The molecule has 1 atom stereocenters. The summed E-state index contributed by atoms with van der Waals surface area (Å²) in [6, 6.07) is 11.8. The second-order valence-electron chi connectivity index (χ2n) is 5.25. The molecule has 0 spiro atoms. The summed E-state index contributed by atoms with van der Waals surface area (Å²) in [6.07, 6.45) is -0.960. The number of hydrogen-bond acceptors (Lipinski definition) is 4. The molecule has 1 N–H and O–H groups in total. The van der Waals surface area contributed by atoms with Gasteiger partial charge in [-0.25, -0.2) is 4.79 Å². The number of anilines is 1. The summed E-state index contributed by atoms with van der Waals surface area (Å²) >= 11 is 5.79. The number of benzene rings is 2. The van der Waals surface area contributed by atoms with Crippen LogP contribution in [0.15, 0.2) is 42.5 Å². The summed E-state index contributed by atoms with van der Waals surface area (Å²) in [5.41, 5.74) is 1.74. The van der Waals surface area contributed by atoms with Gasteiger partial charge in [-0.1, -0.05) is 23.2 Å². The molecule has 2 aromatic rings. The predicted molar refractivity (Wildman–Crippen MR) is 92.7 cm³/mol. The second-order valence-corrected chi connectivity index (χ2v) is 5.68. The molecule has 0 aliphatic carbocycles. The van der Waals surface area contributed by atoms with Gasteiger partial charge < -0.3 is 14.8 Å². The van der Waals surface area contributed by atoms with Crippen LogP contribution >= 0.6 is 11.6 Å². The van der Waals surface area contributed by atoms with Gasteiger partial charge in [0.2, 0.25) is 0 Å². The Hall–Kier alpha value is -2.53. The van der Waals surface area contributed by atoms with Crippen molar-refractivity contribution in [3.05, 3.63) is 58.6 Å². The monoisotopic (exact) mass is 347 g/mol. The lowest BCUT2D eigenvalue weighted by Crippen LogP contribution is -2.30. The molecule has 0 saturated heterocycles. The Balaban J connectivity index is 2.04. The van der Waals surface area contributed by atoms with Crippen LogP contribution in [-0.2, 0) is 9.53 Å². The van der Waals surface area contributed by atoms with E-state index >= 15 is 0 Å². The fraction of sp³-hybridized carbons (Fsp3) is 0.222. The van der Waals surface area contributed by atoms with Gasteiger partial charge >= 0.3 is 5.97 Å². The minimum atomic E-state index is -0.960. The Labute approximate surface area is 145 Å². The molecule has 2 rings (SSSR count). The van der Waals surface area contributed by atoms with E-state index in [1.807, 2.05) is 13.0 Å². The molecule has 0 aliphatic rings. The molecule has 0 unspecified atom stereocenters. The first-order valence-electron chi connectivity index (χ1n) is 7.32. The molecule has 0 aliphatic heterocycles. The maximum absolute atomic E-state index is 12.3. The number of esters is 1. The summed E-state index contributed by atoms with van der Waals surface area (Å²) in [7, 11) is 1.47. The zero-order valence-corrected chi connectivity index (χ0v) is 14.4. The lowest BCUT2D eigenvalue weighted by molar-refractivity contribution is -0.123. The van der Waals surface area contributed by atoms with Gasteiger partial charge in [-0.15, -0.1) is 0 Å². The van der Waals surface area contributed by atoms with Crippen molar-refractivity contribution in [2.45, 2.75) is 20.0 Å². The maximum Gasteiger partial charge on any atom is 0.342 e. The zero-order valence-electron chi connectivity index (χ0n) is 13.6. The molecule has 0 saturated carbocycles. The molecule has 6 heteroatoms. The number of aryl methyl sites for hydroxylation is 1. The molecule has 0 bridgehead atoms. The highest BCUT2D eigenvalue weighted by Crippen LogP contribution is 2.21. The van der Waals surface area contributed by atoms with Gasteiger partial charge in [0, 0.05) is 10.7 Å². The van der Waals surface area contributed by atoms with E-state index in [4.69, 9.17) is 21.1 Å². The number of ether oxygens (including phenoxy) is 2. The molecule has 24 heavy (non-hydrogen) atoms. The summed E-state index contributed by atoms with van der Waals surface area (Å²) in [5, 5.41) is 3.23. The maximum atomic E-state index is 12.3.